The third kappa shape index (κ3) is 4.30. The minimum Gasteiger partial charge on any atom is -0.467 e. The summed E-state index contributed by atoms with van der Waals surface area (Å²) in [6, 6.07) is 9.29. The lowest BCUT2D eigenvalue weighted by molar-refractivity contribution is 0.0600. The van der Waals surface area contributed by atoms with E-state index in [2.05, 4.69) is 36.0 Å². The number of aryl methyl sites for hydroxylation is 1. The highest BCUT2D eigenvalue weighted by Gasteiger charge is 2.22. The second kappa shape index (κ2) is 8.63. The van der Waals surface area contributed by atoms with Gasteiger partial charge in [0, 0.05) is 12.7 Å². The van der Waals surface area contributed by atoms with E-state index < -0.39 is 0 Å². The molecule has 1 aliphatic rings. The van der Waals surface area contributed by atoms with Crippen molar-refractivity contribution in [1.29, 1.82) is 0 Å². The normalized spacial score (nSPS) is 12.9. The van der Waals surface area contributed by atoms with Crippen LogP contribution in [0.15, 0.2) is 52.2 Å². The van der Waals surface area contributed by atoms with E-state index >= 15 is 0 Å². The summed E-state index contributed by atoms with van der Waals surface area (Å²) in [4.78, 5) is 23.5. The topological polar surface area (TPSA) is 80.0 Å². The highest BCUT2D eigenvalue weighted by Crippen LogP contribution is 2.28. The lowest BCUT2D eigenvalue weighted by atomic mass is 10.0. The number of carbonyl (C=O) groups is 1. The fourth-order valence-electron chi connectivity index (χ4n) is 3.61. The molecule has 1 aliphatic heterocycles. The number of methoxy groups -OCH3 is 1. The third-order valence-corrected chi connectivity index (χ3v) is 5.74. The minimum absolute atomic E-state index is 0.375. The van der Waals surface area contributed by atoms with Crippen LogP contribution in [0.25, 0.3) is 0 Å². The average Bonchev–Trinajstić information content (AvgIpc) is 3.29. The first-order valence-electron chi connectivity index (χ1n) is 10.2. The van der Waals surface area contributed by atoms with Gasteiger partial charge in [0.25, 0.3) is 0 Å². The van der Waals surface area contributed by atoms with Crippen molar-refractivity contribution in [2.24, 2.45) is 4.99 Å². The van der Waals surface area contributed by atoms with Crippen LogP contribution in [0.1, 0.15) is 44.1 Å². The van der Waals surface area contributed by atoms with E-state index in [0.29, 0.717) is 31.2 Å². The van der Waals surface area contributed by atoms with E-state index in [1.165, 1.54) is 23.8 Å². The summed E-state index contributed by atoms with van der Waals surface area (Å²) in [6.45, 7) is 8.04. The van der Waals surface area contributed by atoms with Gasteiger partial charge in [-0.1, -0.05) is 6.07 Å². The van der Waals surface area contributed by atoms with Crippen LogP contribution >= 0.6 is 0 Å². The maximum Gasteiger partial charge on any atom is 0.337 e. The summed E-state index contributed by atoms with van der Waals surface area (Å²) in [5.74, 6) is 1.19. The Morgan fingerprint density at radius 3 is 2.81 bits per heavy atom. The van der Waals surface area contributed by atoms with Crippen molar-refractivity contribution in [2.75, 3.05) is 7.11 Å². The van der Waals surface area contributed by atoms with Gasteiger partial charge in [0.15, 0.2) is 5.96 Å². The fraction of sp³-hybridized carbons (Fsp3) is 0.292. The number of pyridine rings is 1. The fourth-order valence-corrected chi connectivity index (χ4v) is 3.61. The van der Waals surface area contributed by atoms with Crippen LogP contribution in [0.2, 0.25) is 0 Å². The molecular weight excluding hydrogens is 392 g/mol. The van der Waals surface area contributed by atoms with Gasteiger partial charge in [-0.05, 0) is 67.3 Å². The number of benzene rings is 1. The second-order valence-corrected chi connectivity index (χ2v) is 7.70. The van der Waals surface area contributed by atoms with Gasteiger partial charge in [0.2, 0.25) is 0 Å². The van der Waals surface area contributed by atoms with Crippen LogP contribution in [0.3, 0.4) is 0 Å². The summed E-state index contributed by atoms with van der Waals surface area (Å²) >= 11 is 0. The maximum absolute atomic E-state index is 11.9. The van der Waals surface area contributed by atoms with Gasteiger partial charge in [-0.25, -0.2) is 9.79 Å². The quantitative estimate of drug-likeness (QED) is 0.626. The van der Waals surface area contributed by atoms with Crippen molar-refractivity contribution in [2.45, 2.75) is 40.4 Å². The molecule has 7 nitrogen and oxygen atoms in total. The number of guanidine groups is 1. The molecule has 0 fully saturated rings. The number of aliphatic imine (C=N–C) groups is 1. The van der Waals surface area contributed by atoms with E-state index in [1.54, 1.807) is 18.4 Å². The van der Waals surface area contributed by atoms with Crippen molar-refractivity contribution in [3.05, 3.63) is 82.1 Å². The minimum atomic E-state index is -0.375. The molecule has 4 rings (SSSR count). The molecule has 7 heteroatoms. The van der Waals surface area contributed by atoms with Gasteiger partial charge < -0.3 is 19.4 Å². The van der Waals surface area contributed by atoms with E-state index in [-0.39, 0.29) is 5.97 Å². The molecular formula is C24H26N4O3. The Kier molecular flexibility index (Phi) is 5.75. The van der Waals surface area contributed by atoms with Gasteiger partial charge in [-0.3, -0.25) is 4.98 Å². The number of nitrogens with zero attached hydrogens (tertiary/aromatic N) is 3. The van der Waals surface area contributed by atoms with Crippen molar-refractivity contribution in [1.82, 2.24) is 15.2 Å². The molecule has 0 atom stereocenters. The number of carbonyl (C=O) groups excluding carboxylic acids is 1. The van der Waals surface area contributed by atoms with Crippen LogP contribution in [0, 0.1) is 20.8 Å². The Hall–Kier alpha value is -3.61. The first-order chi connectivity index (χ1) is 15.0. The second-order valence-electron chi connectivity index (χ2n) is 7.70. The predicted octanol–water partition coefficient (Wildman–Crippen LogP) is 4.18. The number of fused-ring (bicyclic) bond motifs is 1. The third-order valence-electron chi connectivity index (χ3n) is 5.74. The predicted molar refractivity (Wildman–Crippen MR) is 118 cm³/mol. The zero-order valence-electron chi connectivity index (χ0n) is 18.2. The molecule has 0 radical (unpaired) electrons. The molecule has 3 heterocycles. The standard InChI is InChI=1S/C24H26N4O3/c1-15-11-25-22(17(3)16(15)2)12-26-24-27-21-10-18(23(29)30-4)7-8-19(21)13-28(24)14-20-6-5-9-31-20/h5-11H,12-14H2,1-4H3,(H,26,27). The molecule has 0 aliphatic carbocycles. The molecule has 0 amide bonds. The Bertz CT molecular complexity index is 1140. The summed E-state index contributed by atoms with van der Waals surface area (Å²) in [6.07, 6.45) is 3.57. The summed E-state index contributed by atoms with van der Waals surface area (Å²) in [5.41, 5.74) is 6.86. The number of rotatable bonds is 5. The van der Waals surface area contributed by atoms with Gasteiger partial charge in [0.05, 0.1) is 43.4 Å². The van der Waals surface area contributed by atoms with Crippen molar-refractivity contribution in [3.63, 3.8) is 0 Å². The van der Waals surface area contributed by atoms with Crippen molar-refractivity contribution >= 4 is 17.6 Å². The van der Waals surface area contributed by atoms with Gasteiger partial charge in [-0.15, -0.1) is 0 Å². The van der Waals surface area contributed by atoms with Gasteiger partial charge >= 0.3 is 5.97 Å². The van der Waals surface area contributed by atoms with Crippen LogP contribution in [0.5, 0.6) is 0 Å². The molecule has 0 spiro atoms. The SMILES string of the molecule is COC(=O)c1ccc2c(c1)N=C(NCc1ncc(C)c(C)c1C)N(Cc1ccco1)C2. The molecule has 3 aromatic rings. The number of ether oxygens (including phenoxy) is 1. The Morgan fingerprint density at radius 2 is 2.06 bits per heavy atom. The van der Waals surface area contributed by atoms with E-state index in [4.69, 9.17) is 14.1 Å². The number of furan rings is 1. The number of hydrogen-bond acceptors (Lipinski definition) is 7. The first-order valence-corrected chi connectivity index (χ1v) is 10.2. The van der Waals surface area contributed by atoms with Crippen molar-refractivity contribution in [3.8, 4) is 0 Å². The number of aromatic nitrogens is 1. The van der Waals surface area contributed by atoms with Gasteiger partial charge in [-0.2, -0.15) is 0 Å². The highest BCUT2D eigenvalue weighted by molar-refractivity contribution is 5.92. The largest absolute Gasteiger partial charge is 0.467 e. The molecule has 0 saturated heterocycles. The molecule has 31 heavy (non-hydrogen) atoms. The molecule has 2 aromatic heterocycles. The summed E-state index contributed by atoms with van der Waals surface area (Å²) < 4.78 is 10.4. The zero-order valence-corrected chi connectivity index (χ0v) is 18.2. The lowest BCUT2D eigenvalue weighted by Crippen LogP contribution is -2.42. The molecule has 1 aromatic carbocycles. The Morgan fingerprint density at radius 1 is 1.23 bits per heavy atom. The van der Waals surface area contributed by atoms with Crippen LogP contribution in [0.4, 0.5) is 5.69 Å². The molecule has 0 saturated carbocycles. The smallest absolute Gasteiger partial charge is 0.337 e. The highest BCUT2D eigenvalue weighted by atomic mass is 16.5. The number of hydrogen-bond donors (Lipinski definition) is 1. The van der Waals surface area contributed by atoms with E-state index in [1.807, 2.05) is 24.4 Å². The summed E-state index contributed by atoms with van der Waals surface area (Å²) in [7, 11) is 1.38. The van der Waals surface area contributed by atoms with E-state index in [0.717, 1.165) is 22.7 Å². The molecule has 0 unspecified atom stereocenters. The average molecular weight is 418 g/mol. The zero-order chi connectivity index (χ0) is 22.0. The molecule has 1 N–H and O–H groups in total. The van der Waals surface area contributed by atoms with Crippen LogP contribution < -0.4 is 5.32 Å². The number of nitrogens with one attached hydrogen (secondary N) is 1. The Balaban J connectivity index is 1.64. The first kappa shape index (κ1) is 20.7. The van der Waals surface area contributed by atoms with Crippen molar-refractivity contribution < 1.29 is 13.9 Å². The molecule has 160 valence electrons. The van der Waals surface area contributed by atoms with Gasteiger partial charge in [0.1, 0.15) is 5.76 Å². The number of esters is 1. The maximum atomic E-state index is 11.9. The lowest BCUT2D eigenvalue weighted by Gasteiger charge is -2.30. The Labute approximate surface area is 181 Å². The van der Waals surface area contributed by atoms with E-state index in [9.17, 15) is 4.79 Å². The van der Waals surface area contributed by atoms with Crippen LogP contribution in [-0.4, -0.2) is 28.9 Å². The molecule has 0 bridgehead atoms. The monoisotopic (exact) mass is 418 g/mol. The van der Waals surface area contributed by atoms with Crippen LogP contribution in [-0.2, 0) is 24.4 Å². The summed E-state index contributed by atoms with van der Waals surface area (Å²) in [5, 5.41) is 3.45.